The highest BCUT2D eigenvalue weighted by molar-refractivity contribution is 6.76. The van der Waals surface area contributed by atoms with Gasteiger partial charge in [-0.05, 0) is 55.5 Å². The van der Waals surface area contributed by atoms with E-state index in [9.17, 15) is 4.79 Å². The maximum atomic E-state index is 13.7. The molecule has 0 spiro atoms. The zero-order chi connectivity index (χ0) is 26.6. The molecule has 1 saturated heterocycles. The molecule has 3 heterocycles. The molecule has 2 aromatic heterocycles. The lowest BCUT2D eigenvalue weighted by molar-refractivity contribution is -0.123. The van der Waals surface area contributed by atoms with Gasteiger partial charge in [-0.3, -0.25) is 9.69 Å². The van der Waals surface area contributed by atoms with Crippen molar-refractivity contribution in [3.05, 3.63) is 46.7 Å². The Morgan fingerprint density at radius 2 is 1.97 bits per heavy atom. The first-order chi connectivity index (χ1) is 17.7. The lowest BCUT2D eigenvalue weighted by atomic mass is 9.90. The van der Waals surface area contributed by atoms with Crippen LogP contribution in [0.1, 0.15) is 24.0 Å². The number of halogens is 1. The Morgan fingerprint density at radius 3 is 2.70 bits per heavy atom. The number of carbonyl (C=O) groups excluding carboxylic acids is 1. The highest BCUT2D eigenvalue weighted by Gasteiger charge is 2.34. The predicted octanol–water partition coefficient (Wildman–Crippen LogP) is 5.00. The van der Waals surface area contributed by atoms with Crippen LogP contribution in [0.2, 0.25) is 30.7 Å². The van der Waals surface area contributed by atoms with Crippen LogP contribution in [0, 0.1) is 12.8 Å². The average Bonchev–Trinajstić information content (AvgIpc) is 3.27. The molecule has 0 radical (unpaired) electrons. The summed E-state index contributed by atoms with van der Waals surface area (Å²) in [5.41, 5.74) is 2.66. The van der Waals surface area contributed by atoms with Crippen molar-refractivity contribution >= 4 is 31.5 Å². The van der Waals surface area contributed by atoms with Crippen LogP contribution in [0.15, 0.2) is 30.6 Å². The van der Waals surface area contributed by atoms with E-state index in [2.05, 4.69) is 29.8 Å². The van der Waals surface area contributed by atoms with Crippen molar-refractivity contribution in [1.82, 2.24) is 25.0 Å². The summed E-state index contributed by atoms with van der Waals surface area (Å²) in [5, 5.41) is 13.3. The molecule has 1 aromatic carbocycles. The molecule has 1 amide bonds. The van der Waals surface area contributed by atoms with Crippen LogP contribution in [-0.2, 0) is 22.7 Å². The first kappa shape index (κ1) is 27.2. The number of amides is 1. The second kappa shape index (κ2) is 11.7. The van der Waals surface area contributed by atoms with Gasteiger partial charge in [0.1, 0.15) is 12.5 Å². The third-order valence-electron chi connectivity index (χ3n) is 6.54. The van der Waals surface area contributed by atoms with E-state index in [0.717, 1.165) is 35.6 Å². The van der Waals surface area contributed by atoms with Crippen LogP contribution in [0.3, 0.4) is 0 Å². The van der Waals surface area contributed by atoms with Gasteiger partial charge in [-0.1, -0.05) is 37.3 Å². The van der Waals surface area contributed by atoms with Gasteiger partial charge in [0.15, 0.2) is 5.82 Å². The molecular weight excluding hydrogens is 508 g/mol. The number of rotatable bonds is 10. The lowest BCUT2D eigenvalue weighted by Crippen LogP contribution is -2.43. The molecule has 3 aromatic rings. The Morgan fingerprint density at radius 1 is 1.19 bits per heavy atom. The molecule has 4 rings (SSSR count). The second-order valence-electron chi connectivity index (χ2n) is 10.7. The normalized spacial score (nSPS) is 16.3. The highest BCUT2D eigenvalue weighted by Crippen LogP contribution is 2.31. The molecule has 1 fully saturated rings. The van der Waals surface area contributed by atoms with Crippen LogP contribution in [0.5, 0.6) is 5.75 Å². The first-order valence-electron chi connectivity index (χ1n) is 12.6. The van der Waals surface area contributed by atoms with Crippen LogP contribution < -0.4 is 9.64 Å². The molecule has 198 valence electrons. The summed E-state index contributed by atoms with van der Waals surface area (Å²) in [5.74, 6) is 1.52. The maximum Gasteiger partial charge on any atom is 0.233 e. The number of carbonyl (C=O) groups is 1. The molecule has 0 aliphatic carbocycles. The molecule has 0 N–H and O–H groups in total. The van der Waals surface area contributed by atoms with Crippen LogP contribution >= 0.6 is 11.6 Å². The van der Waals surface area contributed by atoms with E-state index in [1.54, 1.807) is 35.2 Å². The van der Waals surface area contributed by atoms with Crippen molar-refractivity contribution in [1.29, 1.82) is 0 Å². The Labute approximate surface area is 224 Å². The number of anilines is 1. The van der Waals surface area contributed by atoms with E-state index < -0.39 is 8.07 Å². The smallest absolute Gasteiger partial charge is 0.233 e. The van der Waals surface area contributed by atoms with E-state index in [0.29, 0.717) is 42.1 Å². The molecular formula is C26H35ClN6O3Si. The largest absolute Gasteiger partial charge is 0.496 e. The van der Waals surface area contributed by atoms with Crippen molar-refractivity contribution in [2.24, 2.45) is 5.92 Å². The third-order valence-corrected chi connectivity index (χ3v) is 8.48. The van der Waals surface area contributed by atoms with Crippen molar-refractivity contribution in [3.63, 3.8) is 0 Å². The number of aryl methyl sites for hydroxylation is 1. The summed E-state index contributed by atoms with van der Waals surface area (Å²) in [4.78, 5) is 20.3. The van der Waals surface area contributed by atoms with Gasteiger partial charge in [0.25, 0.3) is 0 Å². The minimum atomic E-state index is -1.23. The van der Waals surface area contributed by atoms with Gasteiger partial charge in [-0.25, -0.2) is 4.68 Å². The molecule has 0 bridgehead atoms. The number of aromatic nitrogens is 5. The van der Waals surface area contributed by atoms with E-state index in [4.69, 9.17) is 31.2 Å². The fraction of sp³-hybridized carbons (Fsp3) is 0.500. The number of hydrogen-bond donors (Lipinski definition) is 0. The average molecular weight is 543 g/mol. The van der Waals surface area contributed by atoms with Gasteiger partial charge in [-0.2, -0.15) is 15.2 Å². The van der Waals surface area contributed by atoms with Crippen molar-refractivity contribution in [2.45, 2.75) is 58.6 Å². The van der Waals surface area contributed by atoms with Gasteiger partial charge < -0.3 is 9.47 Å². The Hall–Kier alpha value is -2.82. The van der Waals surface area contributed by atoms with Gasteiger partial charge in [0, 0.05) is 37.7 Å². The van der Waals surface area contributed by atoms with E-state index in [1.165, 1.54) is 0 Å². The Bertz CT molecular complexity index is 1250. The van der Waals surface area contributed by atoms with E-state index >= 15 is 0 Å². The molecule has 9 nitrogen and oxygen atoms in total. The quantitative estimate of drug-likeness (QED) is 0.262. The maximum absolute atomic E-state index is 13.7. The molecule has 37 heavy (non-hydrogen) atoms. The number of nitrogens with zero attached hydrogens (tertiary/aromatic N) is 6. The minimum Gasteiger partial charge on any atom is -0.496 e. The summed E-state index contributed by atoms with van der Waals surface area (Å²) in [7, 11) is 0.384. The second-order valence-corrected chi connectivity index (χ2v) is 16.7. The summed E-state index contributed by atoms with van der Waals surface area (Å²) in [6, 6.07) is 6.59. The van der Waals surface area contributed by atoms with Crippen LogP contribution in [-0.4, -0.2) is 59.2 Å². The summed E-state index contributed by atoms with van der Waals surface area (Å²) in [6.45, 7) is 10.3. The fourth-order valence-electron chi connectivity index (χ4n) is 4.37. The number of methoxy groups -OCH3 is 1. The molecule has 1 unspecified atom stereocenters. The van der Waals surface area contributed by atoms with Crippen molar-refractivity contribution < 1.29 is 14.3 Å². The monoisotopic (exact) mass is 542 g/mol. The van der Waals surface area contributed by atoms with Crippen molar-refractivity contribution in [3.8, 4) is 17.1 Å². The Balaban J connectivity index is 1.60. The molecule has 1 aliphatic rings. The fourth-order valence-corrected chi connectivity index (χ4v) is 5.29. The van der Waals surface area contributed by atoms with E-state index in [1.807, 2.05) is 19.1 Å². The Kier molecular flexibility index (Phi) is 8.61. The SMILES string of the molecule is COc1cc(Cl)ccc1CC1CCCN(c2nc(-c3cnncc3C)nn2COCC[Si](C)(C)C)C1=O. The molecule has 0 saturated carbocycles. The number of benzene rings is 1. The standard InChI is InChI=1S/C26H35ClN6O3Si/c1-18-15-28-29-16-22(18)24-30-26(33(31-24)17-36-11-12-37(3,4)5)32-10-6-7-20(25(32)34)13-19-8-9-21(27)14-23(19)35-2/h8-9,14-16,20H,6-7,10-13,17H2,1-5H3. The molecule has 1 aliphatic heterocycles. The minimum absolute atomic E-state index is 0.0233. The molecule has 11 heteroatoms. The molecule has 1 atom stereocenters. The number of piperidine rings is 1. The summed E-state index contributed by atoms with van der Waals surface area (Å²) in [6.07, 6.45) is 5.56. The van der Waals surface area contributed by atoms with Crippen LogP contribution in [0.25, 0.3) is 11.4 Å². The van der Waals surface area contributed by atoms with Crippen molar-refractivity contribution in [2.75, 3.05) is 25.2 Å². The topological polar surface area (TPSA) is 95.3 Å². The van der Waals surface area contributed by atoms with Gasteiger partial charge in [-0.15, -0.1) is 5.10 Å². The van der Waals surface area contributed by atoms with Gasteiger partial charge >= 0.3 is 0 Å². The highest BCUT2D eigenvalue weighted by atomic mass is 35.5. The first-order valence-corrected chi connectivity index (χ1v) is 16.7. The van der Waals surface area contributed by atoms with Crippen LogP contribution in [0.4, 0.5) is 5.95 Å². The zero-order valence-electron chi connectivity index (χ0n) is 22.2. The summed E-state index contributed by atoms with van der Waals surface area (Å²) >= 11 is 6.14. The zero-order valence-corrected chi connectivity index (χ0v) is 24.0. The number of ether oxygens (including phenoxy) is 2. The third kappa shape index (κ3) is 6.74. The van der Waals surface area contributed by atoms with Gasteiger partial charge in [0.2, 0.25) is 11.9 Å². The number of hydrogen-bond acceptors (Lipinski definition) is 7. The van der Waals surface area contributed by atoms with Gasteiger partial charge in [0.05, 0.1) is 19.5 Å². The summed E-state index contributed by atoms with van der Waals surface area (Å²) < 4.78 is 13.2. The lowest BCUT2D eigenvalue weighted by Gasteiger charge is -2.31. The van der Waals surface area contributed by atoms with E-state index in [-0.39, 0.29) is 18.6 Å². The predicted molar refractivity (Wildman–Crippen MR) is 147 cm³/mol.